The van der Waals surface area contributed by atoms with E-state index < -0.39 is 7.32 Å². The minimum atomic E-state index is -1.73. The van der Waals surface area contributed by atoms with Crippen LogP contribution in [0.1, 0.15) is 0 Å². The Labute approximate surface area is 108 Å². The first kappa shape index (κ1) is 11.6. The van der Waals surface area contributed by atoms with Crippen LogP contribution in [0.25, 0.3) is 0 Å². The molecule has 0 bridgehead atoms. The molecular weight excluding hydrogens is 170 g/mol. The summed E-state index contributed by atoms with van der Waals surface area (Å²) in [4.78, 5) is 0. The Hall–Kier alpha value is 0.641. The molecule has 0 radical (unpaired) electrons. The van der Waals surface area contributed by atoms with Gasteiger partial charge in [-0.15, -0.1) is 0 Å². The molecule has 0 aliphatic heterocycles. The van der Waals surface area contributed by atoms with Gasteiger partial charge in [-0.3, -0.25) is 0 Å². The van der Waals surface area contributed by atoms with Crippen molar-refractivity contribution in [1.29, 1.82) is 0 Å². The molecule has 0 aliphatic rings. The molecule has 1 aromatic carbocycles. The first-order valence-electron chi connectivity index (χ1n) is 2.87. The van der Waals surface area contributed by atoms with Crippen molar-refractivity contribution in [3.05, 3.63) is 30.3 Å². The predicted octanol–water partition coefficient (Wildman–Crippen LogP) is -0.614. The Morgan fingerprint density at radius 2 is 1.64 bits per heavy atom. The molecule has 5 heteroatoms. The Balaban J connectivity index is 0.000001000. The molecule has 0 aromatic heterocycles. The second kappa shape index (κ2) is 6.19. The summed E-state index contributed by atoms with van der Waals surface area (Å²) < 4.78 is 4.53. The summed E-state index contributed by atoms with van der Waals surface area (Å²) in [6.45, 7) is 0. The number of hydrogen-bond donors (Lipinski definition) is 2. The van der Waals surface area contributed by atoms with Gasteiger partial charge in [-0.1, -0.05) is 18.2 Å². The van der Waals surface area contributed by atoms with Crippen LogP contribution in [0.4, 0.5) is 0 Å². The first-order valence-corrected chi connectivity index (χ1v) is 2.87. The molecule has 0 heterocycles. The van der Waals surface area contributed by atoms with Crippen LogP contribution in [0.2, 0.25) is 0 Å². The summed E-state index contributed by atoms with van der Waals surface area (Å²) in [5.41, 5.74) is 0. The van der Waals surface area contributed by atoms with Gasteiger partial charge in [0.25, 0.3) is 0 Å². The zero-order chi connectivity index (χ0) is 7.40. The summed E-state index contributed by atoms with van der Waals surface area (Å²) in [6, 6.07) is 8.59. The SMILES string of the molecule is OB(O)Oc1ccccc1.[KH]. The molecule has 0 amide bonds. The standard InChI is InChI=1S/C6H7BO3.K.H/c8-7(9)10-6-4-2-1-3-5-6;;/h1-5,8-9H;;. The van der Waals surface area contributed by atoms with Gasteiger partial charge in [0.2, 0.25) is 0 Å². The van der Waals surface area contributed by atoms with Gasteiger partial charge in [0.05, 0.1) is 0 Å². The monoisotopic (exact) mass is 178 g/mol. The van der Waals surface area contributed by atoms with Crippen LogP contribution in [0.5, 0.6) is 5.75 Å². The molecule has 0 unspecified atom stereocenters. The molecule has 0 saturated heterocycles. The normalized spacial score (nSPS) is 8.18. The predicted molar refractivity (Wildman–Crippen MR) is 44.4 cm³/mol. The van der Waals surface area contributed by atoms with Crippen LogP contribution in [-0.2, 0) is 0 Å². The quantitative estimate of drug-likeness (QED) is 0.593. The van der Waals surface area contributed by atoms with E-state index in [2.05, 4.69) is 4.65 Å². The van der Waals surface area contributed by atoms with Crippen LogP contribution in [0, 0.1) is 0 Å². The van der Waals surface area contributed by atoms with E-state index in [1.807, 2.05) is 6.07 Å². The van der Waals surface area contributed by atoms with Crippen molar-refractivity contribution in [2.24, 2.45) is 0 Å². The number of para-hydroxylation sites is 1. The number of benzene rings is 1. The van der Waals surface area contributed by atoms with E-state index >= 15 is 0 Å². The van der Waals surface area contributed by atoms with Gasteiger partial charge in [-0.25, -0.2) is 0 Å². The fraction of sp³-hybridized carbons (Fsp3) is 0. The summed E-state index contributed by atoms with van der Waals surface area (Å²) in [5, 5.41) is 16.7. The van der Waals surface area contributed by atoms with Gasteiger partial charge in [0.1, 0.15) is 5.75 Å². The molecular formula is C6H8BKO3. The zero-order valence-electron chi connectivity index (χ0n) is 5.27. The van der Waals surface area contributed by atoms with Crippen LogP contribution >= 0.6 is 0 Å². The van der Waals surface area contributed by atoms with E-state index in [9.17, 15) is 0 Å². The average molecular weight is 178 g/mol. The summed E-state index contributed by atoms with van der Waals surface area (Å²) >= 11 is 0. The van der Waals surface area contributed by atoms with Gasteiger partial charge in [-0.05, 0) is 12.1 Å². The fourth-order valence-corrected chi connectivity index (χ4v) is 0.621. The topological polar surface area (TPSA) is 49.7 Å². The summed E-state index contributed by atoms with van der Waals surface area (Å²) in [7, 11) is -1.73. The summed E-state index contributed by atoms with van der Waals surface area (Å²) in [5.74, 6) is 0.442. The maximum absolute atomic E-state index is 8.34. The van der Waals surface area contributed by atoms with E-state index in [0.29, 0.717) is 5.75 Å². The van der Waals surface area contributed by atoms with E-state index in [0.717, 1.165) is 0 Å². The van der Waals surface area contributed by atoms with Gasteiger partial charge in [0, 0.05) is 0 Å². The van der Waals surface area contributed by atoms with Crippen molar-refractivity contribution in [2.75, 3.05) is 0 Å². The van der Waals surface area contributed by atoms with Gasteiger partial charge in [0.15, 0.2) is 0 Å². The molecule has 3 nitrogen and oxygen atoms in total. The maximum atomic E-state index is 8.34. The minimum absolute atomic E-state index is 0. The van der Waals surface area contributed by atoms with Crippen molar-refractivity contribution in [3.8, 4) is 5.75 Å². The summed E-state index contributed by atoms with van der Waals surface area (Å²) in [6.07, 6.45) is 0. The third-order valence-electron chi connectivity index (χ3n) is 0.985. The molecule has 0 atom stereocenters. The Morgan fingerprint density at radius 1 is 1.09 bits per heavy atom. The number of rotatable bonds is 2. The molecule has 0 spiro atoms. The van der Waals surface area contributed by atoms with Crippen molar-refractivity contribution >= 4 is 58.7 Å². The Kier molecular flexibility index (Phi) is 6.55. The molecule has 11 heavy (non-hydrogen) atoms. The Bertz CT molecular complexity index is 192. The van der Waals surface area contributed by atoms with Crippen LogP contribution in [0.3, 0.4) is 0 Å². The van der Waals surface area contributed by atoms with Crippen LogP contribution in [0.15, 0.2) is 30.3 Å². The van der Waals surface area contributed by atoms with E-state index in [-0.39, 0.29) is 51.4 Å². The van der Waals surface area contributed by atoms with Gasteiger partial charge in [-0.2, -0.15) is 0 Å². The average Bonchev–Trinajstić information content (AvgIpc) is 1.88. The Morgan fingerprint density at radius 3 is 2.09 bits per heavy atom. The molecule has 54 valence electrons. The van der Waals surface area contributed by atoms with Crippen molar-refractivity contribution in [2.45, 2.75) is 0 Å². The van der Waals surface area contributed by atoms with Crippen LogP contribution < -0.4 is 4.65 Å². The van der Waals surface area contributed by atoms with E-state index in [1.54, 1.807) is 24.3 Å². The number of hydrogen-bond acceptors (Lipinski definition) is 3. The third kappa shape index (κ3) is 4.97. The molecule has 2 N–H and O–H groups in total. The second-order valence-corrected chi connectivity index (χ2v) is 1.76. The molecule has 1 rings (SSSR count). The third-order valence-corrected chi connectivity index (χ3v) is 0.985. The first-order chi connectivity index (χ1) is 4.79. The van der Waals surface area contributed by atoms with Gasteiger partial charge < -0.3 is 14.7 Å². The molecule has 0 fully saturated rings. The van der Waals surface area contributed by atoms with E-state index in [1.165, 1.54) is 0 Å². The zero-order valence-corrected chi connectivity index (χ0v) is 5.27. The second-order valence-electron chi connectivity index (χ2n) is 1.76. The molecule has 0 aliphatic carbocycles. The fourth-order valence-electron chi connectivity index (χ4n) is 0.621. The molecule has 0 saturated carbocycles. The van der Waals surface area contributed by atoms with Gasteiger partial charge >= 0.3 is 58.7 Å². The van der Waals surface area contributed by atoms with Crippen LogP contribution in [-0.4, -0.2) is 68.8 Å². The van der Waals surface area contributed by atoms with Crippen molar-refractivity contribution < 1.29 is 14.7 Å². The van der Waals surface area contributed by atoms with Crippen molar-refractivity contribution in [1.82, 2.24) is 0 Å². The molecule has 1 aromatic rings. The van der Waals surface area contributed by atoms with E-state index in [4.69, 9.17) is 10.0 Å². The van der Waals surface area contributed by atoms with Crippen molar-refractivity contribution in [3.63, 3.8) is 0 Å².